The smallest absolute Gasteiger partial charge is 0.163 e. The maximum atomic E-state index is 6.00. The molecule has 0 bridgehead atoms. The van der Waals surface area contributed by atoms with Crippen LogP contribution in [0.4, 0.5) is 0 Å². The molecule has 1 N–H and O–H groups in total. The topological polar surface area (TPSA) is 50.4 Å². The lowest BCUT2D eigenvalue weighted by Crippen LogP contribution is -2.21. The molecule has 0 radical (unpaired) electrons. The summed E-state index contributed by atoms with van der Waals surface area (Å²) in [6, 6.07) is 6.05. The van der Waals surface area contributed by atoms with E-state index in [1.807, 2.05) is 24.4 Å². The first-order chi connectivity index (χ1) is 11.8. The second kappa shape index (κ2) is 6.69. The summed E-state index contributed by atoms with van der Waals surface area (Å²) in [7, 11) is 1.69. The number of H-pyrrole nitrogens is 1. The summed E-state index contributed by atoms with van der Waals surface area (Å²) in [5.41, 5.74) is 2.13. The van der Waals surface area contributed by atoms with E-state index in [2.05, 4.69) is 14.9 Å². The van der Waals surface area contributed by atoms with Crippen molar-refractivity contribution in [3.63, 3.8) is 0 Å². The van der Waals surface area contributed by atoms with Crippen molar-refractivity contribution in [3.05, 3.63) is 30.6 Å². The highest BCUT2D eigenvalue weighted by Gasteiger charge is 2.13. The zero-order valence-corrected chi connectivity index (χ0v) is 14.0. The van der Waals surface area contributed by atoms with E-state index in [4.69, 9.17) is 9.47 Å². The Morgan fingerprint density at radius 3 is 2.83 bits per heavy atom. The van der Waals surface area contributed by atoms with Crippen LogP contribution in [0.1, 0.15) is 19.3 Å². The van der Waals surface area contributed by atoms with Gasteiger partial charge in [0.25, 0.3) is 0 Å². The van der Waals surface area contributed by atoms with Gasteiger partial charge in [0.15, 0.2) is 11.5 Å². The first-order valence-electron chi connectivity index (χ1n) is 8.64. The van der Waals surface area contributed by atoms with E-state index in [0.29, 0.717) is 6.61 Å². The number of rotatable bonds is 6. The van der Waals surface area contributed by atoms with Crippen molar-refractivity contribution in [1.82, 2.24) is 14.9 Å². The molecular formula is C19H23N3O2. The number of nitrogens with zero attached hydrogens (tertiary/aromatic N) is 2. The van der Waals surface area contributed by atoms with Crippen LogP contribution in [0, 0.1) is 0 Å². The third-order valence-corrected chi connectivity index (χ3v) is 4.76. The van der Waals surface area contributed by atoms with Crippen LogP contribution < -0.4 is 9.47 Å². The number of benzene rings is 1. The van der Waals surface area contributed by atoms with E-state index < -0.39 is 0 Å². The molecular weight excluding hydrogens is 302 g/mol. The van der Waals surface area contributed by atoms with Gasteiger partial charge in [-0.05, 0) is 44.5 Å². The SMILES string of the molecule is COc1cc2c(cc1OCCCN1CCCC1)[nH]c1ccncc12. The molecule has 1 aliphatic rings. The second-order valence-electron chi connectivity index (χ2n) is 6.35. The second-order valence-corrected chi connectivity index (χ2v) is 6.35. The number of hydrogen-bond donors (Lipinski definition) is 1. The quantitative estimate of drug-likeness (QED) is 0.704. The molecule has 2 aromatic heterocycles. The van der Waals surface area contributed by atoms with Gasteiger partial charge < -0.3 is 19.4 Å². The zero-order chi connectivity index (χ0) is 16.4. The van der Waals surface area contributed by atoms with Crippen molar-refractivity contribution >= 4 is 21.8 Å². The monoisotopic (exact) mass is 325 g/mol. The number of aromatic amines is 1. The van der Waals surface area contributed by atoms with Crippen LogP contribution in [0.5, 0.6) is 11.5 Å². The number of likely N-dealkylation sites (tertiary alicyclic amines) is 1. The van der Waals surface area contributed by atoms with Crippen molar-refractivity contribution in [3.8, 4) is 11.5 Å². The summed E-state index contributed by atoms with van der Waals surface area (Å²) in [5, 5.41) is 2.21. The number of methoxy groups -OCH3 is 1. The summed E-state index contributed by atoms with van der Waals surface area (Å²) in [6.07, 6.45) is 7.38. The Hall–Kier alpha value is -2.27. The van der Waals surface area contributed by atoms with E-state index in [-0.39, 0.29) is 0 Å². The van der Waals surface area contributed by atoms with Gasteiger partial charge in [-0.3, -0.25) is 4.98 Å². The summed E-state index contributed by atoms with van der Waals surface area (Å²) < 4.78 is 11.5. The minimum Gasteiger partial charge on any atom is -0.493 e. The highest BCUT2D eigenvalue weighted by molar-refractivity contribution is 6.07. The largest absolute Gasteiger partial charge is 0.493 e. The summed E-state index contributed by atoms with van der Waals surface area (Å²) in [5.74, 6) is 1.57. The van der Waals surface area contributed by atoms with Gasteiger partial charge >= 0.3 is 0 Å². The first kappa shape index (κ1) is 15.3. The third kappa shape index (κ3) is 2.91. The molecule has 1 saturated heterocycles. The summed E-state index contributed by atoms with van der Waals surface area (Å²) >= 11 is 0. The highest BCUT2D eigenvalue weighted by atomic mass is 16.5. The van der Waals surface area contributed by atoms with Gasteiger partial charge in [0.05, 0.1) is 19.2 Å². The van der Waals surface area contributed by atoms with Crippen LogP contribution in [0.15, 0.2) is 30.6 Å². The molecule has 3 heterocycles. The molecule has 4 rings (SSSR count). The number of fused-ring (bicyclic) bond motifs is 3. The van der Waals surface area contributed by atoms with Gasteiger partial charge in [0.1, 0.15) is 0 Å². The lowest BCUT2D eigenvalue weighted by molar-refractivity contribution is 0.254. The number of aromatic nitrogens is 2. The fraction of sp³-hybridized carbons (Fsp3) is 0.421. The Balaban J connectivity index is 1.52. The van der Waals surface area contributed by atoms with Gasteiger partial charge in [0.2, 0.25) is 0 Å². The lowest BCUT2D eigenvalue weighted by Gasteiger charge is -2.15. The number of hydrogen-bond acceptors (Lipinski definition) is 4. The van der Waals surface area contributed by atoms with Crippen LogP contribution in [0.3, 0.4) is 0 Å². The minimum absolute atomic E-state index is 0.708. The van der Waals surface area contributed by atoms with Gasteiger partial charge in [-0.1, -0.05) is 0 Å². The molecule has 0 aliphatic carbocycles. The number of pyridine rings is 1. The molecule has 5 nitrogen and oxygen atoms in total. The number of nitrogens with one attached hydrogen (secondary N) is 1. The predicted octanol–water partition coefficient (Wildman–Crippen LogP) is 3.59. The van der Waals surface area contributed by atoms with E-state index in [0.717, 1.165) is 46.3 Å². The Morgan fingerprint density at radius 1 is 1.12 bits per heavy atom. The maximum Gasteiger partial charge on any atom is 0.163 e. The molecule has 0 amide bonds. The van der Waals surface area contributed by atoms with Crippen LogP contribution in [0.25, 0.3) is 21.8 Å². The molecule has 5 heteroatoms. The molecule has 126 valence electrons. The van der Waals surface area contributed by atoms with Crippen molar-refractivity contribution in [2.45, 2.75) is 19.3 Å². The summed E-state index contributed by atoms with van der Waals surface area (Å²) in [4.78, 5) is 10.1. The zero-order valence-electron chi connectivity index (χ0n) is 14.0. The number of ether oxygens (including phenoxy) is 2. The van der Waals surface area contributed by atoms with Crippen LogP contribution in [0.2, 0.25) is 0 Å². The molecule has 0 spiro atoms. The Labute approximate surface area is 141 Å². The molecule has 1 aromatic carbocycles. The maximum absolute atomic E-state index is 6.00. The van der Waals surface area contributed by atoms with Gasteiger partial charge in [-0.15, -0.1) is 0 Å². The Kier molecular flexibility index (Phi) is 4.26. The van der Waals surface area contributed by atoms with E-state index >= 15 is 0 Å². The molecule has 0 atom stereocenters. The minimum atomic E-state index is 0.708. The van der Waals surface area contributed by atoms with Crippen molar-refractivity contribution in [2.75, 3.05) is 33.4 Å². The fourth-order valence-corrected chi connectivity index (χ4v) is 3.50. The lowest BCUT2D eigenvalue weighted by atomic mass is 10.2. The molecule has 24 heavy (non-hydrogen) atoms. The first-order valence-corrected chi connectivity index (χ1v) is 8.64. The highest BCUT2D eigenvalue weighted by Crippen LogP contribution is 2.35. The molecule has 1 fully saturated rings. The van der Waals surface area contributed by atoms with Gasteiger partial charge in [-0.2, -0.15) is 0 Å². The van der Waals surface area contributed by atoms with Crippen LogP contribution in [-0.2, 0) is 0 Å². The molecule has 0 unspecified atom stereocenters. The Morgan fingerprint density at radius 2 is 2.00 bits per heavy atom. The average molecular weight is 325 g/mol. The summed E-state index contributed by atoms with van der Waals surface area (Å²) in [6.45, 7) is 4.29. The van der Waals surface area contributed by atoms with Gasteiger partial charge in [-0.25, -0.2) is 0 Å². The van der Waals surface area contributed by atoms with E-state index in [1.165, 1.54) is 25.9 Å². The average Bonchev–Trinajstić information content (AvgIpc) is 3.25. The fourth-order valence-electron chi connectivity index (χ4n) is 3.50. The van der Waals surface area contributed by atoms with E-state index in [9.17, 15) is 0 Å². The van der Waals surface area contributed by atoms with E-state index in [1.54, 1.807) is 13.3 Å². The predicted molar refractivity (Wildman–Crippen MR) is 95.9 cm³/mol. The van der Waals surface area contributed by atoms with Crippen LogP contribution >= 0.6 is 0 Å². The van der Waals surface area contributed by atoms with Crippen molar-refractivity contribution < 1.29 is 9.47 Å². The van der Waals surface area contributed by atoms with Gasteiger partial charge in [0, 0.05) is 41.3 Å². The molecule has 0 saturated carbocycles. The van der Waals surface area contributed by atoms with Crippen LogP contribution in [-0.4, -0.2) is 48.2 Å². The molecule has 1 aliphatic heterocycles. The van der Waals surface area contributed by atoms with Crippen molar-refractivity contribution in [2.24, 2.45) is 0 Å². The normalized spacial score (nSPS) is 15.4. The van der Waals surface area contributed by atoms with Crippen molar-refractivity contribution in [1.29, 1.82) is 0 Å². The standard InChI is InChI=1S/C19H23N3O2/c1-23-18-11-14-15-13-20-6-5-16(15)21-17(14)12-19(18)24-10-4-9-22-7-2-3-8-22/h5-6,11-13,21H,2-4,7-10H2,1H3. The molecule has 3 aromatic rings. The Bertz CT molecular complexity index is 837. The third-order valence-electron chi connectivity index (χ3n) is 4.76.